The summed E-state index contributed by atoms with van der Waals surface area (Å²) in [6, 6.07) is 1.44. The molecule has 1 unspecified atom stereocenters. The van der Waals surface area contributed by atoms with Crippen molar-refractivity contribution in [1.29, 1.82) is 0 Å². The Labute approximate surface area is 222 Å². The minimum Gasteiger partial charge on any atom is -0.481 e. The zero-order valence-electron chi connectivity index (χ0n) is 24.2. The molecule has 0 aromatic carbocycles. The molecular formula is C32H54O3Si. The molecule has 0 aromatic rings. The Hall–Kier alpha value is -0.903. The fourth-order valence-electron chi connectivity index (χ4n) is 9.03. The molecule has 4 aliphatic rings. The van der Waals surface area contributed by atoms with Gasteiger partial charge in [0, 0.05) is 12.8 Å². The van der Waals surface area contributed by atoms with Gasteiger partial charge >= 0.3 is 5.97 Å². The van der Waals surface area contributed by atoms with Crippen molar-refractivity contribution in [2.45, 2.75) is 135 Å². The van der Waals surface area contributed by atoms with E-state index in [9.17, 15) is 14.7 Å². The minimum absolute atomic E-state index is 0.201. The van der Waals surface area contributed by atoms with Gasteiger partial charge in [-0.3, -0.25) is 9.59 Å². The first-order valence-corrected chi connectivity index (χ1v) is 18.5. The summed E-state index contributed by atoms with van der Waals surface area (Å²) in [6.45, 7) is 14.9. The van der Waals surface area contributed by atoms with E-state index in [1.807, 2.05) is 6.08 Å². The van der Waals surface area contributed by atoms with Crippen LogP contribution in [-0.2, 0) is 9.59 Å². The van der Waals surface area contributed by atoms with Crippen LogP contribution in [0.1, 0.15) is 111 Å². The van der Waals surface area contributed by atoms with Gasteiger partial charge in [-0.25, -0.2) is 0 Å². The molecule has 0 heterocycles. The second-order valence-corrected chi connectivity index (χ2v) is 20.9. The zero-order chi connectivity index (χ0) is 26.3. The summed E-state index contributed by atoms with van der Waals surface area (Å²) in [6.07, 6.45) is 16.8. The quantitative estimate of drug-likeness (QED) is 0.247. The van der Waals surface area contributed by atoms with Crippen LogP contribution in [-0.4, -0.2) is 24.9 Å². The SMILES string of the molecule is CC(C)(C)[Si](C)(C)CCCCCC[C@@H]1CC2=CC(=O)CC[C@@H]2[C@H]2CC[C@]3(C)C(CC(=O)O)CC[C@H]3[C@H]12. The van der Waals surface area contributed by atoms with Crippen LogP contribution in [0.5, 0.6) is 0 Å². The molecule has 3 nitrogen and oxygen atoms in total. The molecule has 4 aliphatic carbocycles. The van der Waals surface area contributed by atoms with E-state index in [1.54, 1.807) is 0 Å². The lowest BCUT2D eigenvalue weighted by Gasteiger charge is -2.57. The Balaban J connectivity index is 1.42. The molecule has 0 bridgehead atoms. The number of hydrogen-bond acceptors (Lipinski definition) is 2. The molecule has 0 aromatic heterocycles. The summed E-state index contributed by atoms with van der Waals surface area (Å²) < 4.78 is 0. The van der Waals surface area contributed by atoms with E-state index in [2.05, 4.69) is 40.8 Å². The second kappa shape index (κ2) is 10.7. The lowest BCUT2D eigenvalue weighted by molar-refractivity contribution is -0.140. The van der Waals surface area contributed by atoms with Crippen molar-refractivity contribution in [1.82, 2.24) is 0 Å². The van der Waals surface area contributed by atoms with Gasteiger partial charge in [0.2, 0.25) is 0 Å². The summed E-state index contributed by atoms with van der Waals surface area (Å²) in [7, 11) is -1.17. The Morgan fingerprint density at radius 3 is 2.50 bits per heavy atom. The van der Waals surface area contributed by atoms with Crippen LogP contribution in [0.15, 0.2) is 11.6 Å². The molecule has 7 atom stereocenters. The average molecular weight is 515 g/mol. The number of carboxylic acids is 1. The molecule has 0 saturated heterocycles. The van der Waals surface area contributed by atoms with Gasteiger partial charge in [0.05, 0.1) is 8.07 Å². The maximum atomic E-state index is 12.3. The van der Waals surface area contributed by atoms with Crippen molar-refractivity contribution >= 4 is 19.8 Å². The summed E-state index contributed by atoms with van der Waals surface area (Å²) in [5.74, 6) is 3.55. The third-order valence-electron chi connectivity index (χ3n) is 12.2. The maximum absolute atomic E-state index is 12.3. The van der Waals surface area contributed by atoms with Crippen LogP contribution < -0.4 is 0 Å². The lowest BCUT2D eigenvalue weighted by atomic mass is 9.48. The fourth-order valence-corrected chi connectivity index (χ4v) is 10.9. The van der Waals surface area contributed by atoms with Crippen LogP contribution >= 0.6 is 0 Å². The number of hydrogen-bond donors (Lipinski definition) is 1. The highest BCUT2D eigenvalue weighted by Gasteiger charge is 2.58. The number of rotatable bonds is 9. The number of carboxylic acid groups (broad SMARTS) is 1. The topological polar surface area (TPSA) is 54.4 Å². The monoisotopic (exact) mass is 514 g/mol. The molecule has 3 saturated carbocycles. The van der Waals surface area contributed by atoms with E-state index in [4.69, 9.17) is 0 Å². The van der Waals surface area contributed by atoms with Gasteiger partial charge in [-0.2, -0.15) is 0 Å². The van der Waals surface area contributed by atoms with Gasteiger partial charge < -0.3 is 5.11 Å². The molecule has 1 N–H and O–H groups in total. The first-order chi connectivity index (χ1) is 16.8. The summed E-state index contributed by atoms with van der Waals surface area (Å²) in [5, 5.41) is 10.1. The Morgan fingerprint density at radius 2 is 1.81 bits per heavy atom. The Bertz CT molecular complexity index is 852. The first-order valence-electron chi connectivity index (χ1n) is 15.3. The number of unbranched alkanes of at least 4 members (excludes halogenated alkanes) is 3. The smallest absolute Gasteiger partial charge is 0.303 e. The van der Waals surface area contributed by atoms with Gasteiger partial charge in [-0.1, -0.05) is 78.1 Å². The minimum atomic E-state index is -1.17. The molecule has 4 heteroatoms. The van der Waals surface area contributed by atoms with Crippen molar-refractivity contribution in [3.05, 3.63) is 11.6 Å². The number of allylic oxidation sites excluding steroid dienone is 1. The van der Waals surface area contributed by atoms with E-state index >= 15 is 0 Å². The predicted molar refractivity (Wildman–Crippen MR) is 152 cm³/mol. The highest BCUT2D eigenvalue weighted by Crippen LogP contribution is 2.65. The molecule has 4 rings (SSSR count). The van der Waals surface area contributed by atoms with Crippen LogP contribution in [0.3, 0.4) is 0 Å². The maximum Gasteiger partial charge on any atom is 0.303 e. The van der Waals surface area contributed by atoms with Crippen molar-refractivity contribution < 1.29 is 14.7 Å². The van der Waals surface area contributed by atoms with Gasteiger partial charge in [-0.05, 0) is 97.0 Å². The highest BCUT2D eigenvalue weighted by atomic mass is 28.3. The normalized spacial score (nSPS) is 36.6. The fraction of sp³-hybridized carbons (Fsp3) is 0.875. The predicted octanol–water partition coefficient (Wildman–Crippen LogP) is 8.90. The molecule has 36 heavy (non-hydrogen) atoms. The number of fused-ring (bicyclic) bond motifs is 5. The van der Waals surface area contributed by atoms with Gasteiger partial charge in [0.25, 0.3) is 0 Å². The Kier molecular flexibility index (Phi) is 8.35. The van der Waals surface area contributed by atoms with Crippen LogP contribution in [0.4, 0.5) is 0 Å². The van der Waals surface area contributed by atoms with Crippen LogP contribution in [0, 0.1) is 40.9 Å². The molecule has 0 aliphatic heterocycles. The van der Waals surface area contributed by atoms with E-state index in [0.29, 0.717) is 40.9 Å². The van der Waals surface area contributed by atoms with Gasteiger partial charge in [0.15, 0.2) is 5.78 Å². The Morgan fingerprint density at radius 1 is 1.08 bits per heavy atom. The number of carbonyl (C=O) groups excluding carboxylic acids is 1. The van der Waals surface area contributed by atoms with Crippen molar-refractivity contribution in [2.24, 2.45) is 40.9 Å². The lowest BCUT2D eigenvalue weighted by Crippen LogP contribution is -2.50. The van der Waals surface area contributed by atoms with E-state index in [0.717, 1.165) is 37.5 Å². The third kappa shape index (κ3) is 5.59. The molecule has 0 spiro atoms. The van der Waals surface area contributed by atoms with Gasteiger partial charge in [0.1, 0.15) is 0 Å². The van der Waals surface area contributed by atoms with Crippen LogP contribution in [0.2, 0.25) is 24.2 Å². The van der Waals surface area contributed by atoms with E-state index < -0.39 is 14.0 Å². The van der Waals surface area contributed by atoms with Crippen LogP contribution in [0.25, 0.3) is 0 Å². The number of ketones is 1. The first kappa shape index (κ1) is 28.1. The molecule has 0 amide bonds. The van der Waals surface area contributed by atoms with E-state index in [1.165, 1.54) is 63.0 Å². The van der Waals surface area contributed by atoms with E-state index in [-0.39, 0.29) is 5.41 Å². The van der Waals surface area contributed by atoms with Crippen molar-refractivity contribution in [3.63, 3.8) is 0 Å². The van der Waals surface area contributed by atoms with Crippen molar-refractivity contribution in [3.8, 4) is 0 Å². The zero-order valence-corrected chi connectivity index (χ0v) is 25.2. The summed E-state index contributed by atoms with van der Waals surface area (Å²) >= 11 is 0. The summed E-state index contributed by atoms with van der Waals surface area (Å²) in [4.78, 5) is 24.0. The summed E-state index contributed by atoms with van der Waals surface area (Å²) in [5.41, 5.74) is 1.69. The number of carbonyl (C=O) groups is 2. The second-order valence-electron chi connectivity index (χ2n) is 15.1. The third-order valence-corrected chi connectivity index (χ3v) is 17.9. The van der Waals surface area contributed by atoms with Crippen molar-refractivity contribution in [2.75, 3.05) is 0 Å². The molecule has 3 fully saturated rings. The molecule has 0 radical (unpaired) electrons. The molecular weight excluding hydrogens is 460 g/mol. The average Bonchev–Trinajstić information content (AvgIpc) is 3.10. The molecule has 204 valence electrons. The van der Waals surface area contributed by atoms with Gasteiger partial charge in [-0.15, -0.1) is 0 Å². The highest BCUT2D eigenvalue weighted by molar-refractivity contribution is 6.80. The standard InChI is InChI=1S/C32H54O3Si/c1-31(2,3)36(5,6)18-10-8-7-9-11-22-19-23-20-25(33)13-14-26(23)27-16-17-32(4)24(21-29(34)35)12-15-28(32)30(22)27/h20,22,24,26-28,30H,7-19,21H2,1-6H3,(H,34,35)/t22-,24?,26+,27-,28+,30-,32-/m1/s1. The number of aliphatic carboxylic acids is 1. The largest absolute Gasteiger partial charge is 0.481 e.